The molecule has 19 heteroatoms. The molecular formula is C85H143NO18. The normalized spacial score (nSPS) is 26.6. The molecule has 17 atom stereocenters. The largest absolute Gasteiger partial charge is 0.394 e. The van der Waals surface area contributed by atoms with E-state index in [-0.39, 0.29) is 18.9 Å². The van der Waals surface area contributed by atoms with Gasteiger partial charge in [-0.3, -0.25) is 4.79 Å². The van der Waals surface area contributed by atoms with Crippen molar-refractivity contribution in [2.75, 3.05) is 26.4 Å². The van der Waals surface area contributed by atoms with Crippen LogP contribution in [0.2, 0.25) is 0 Å². The van der Waals surface area contributed by atoms with Gasteiger partial charge in [-0.2, -0.15) is 0 Å². The number of unbranched alkanes of at least 4 members (excludes halogenated alkanes) is 26. The van der Waals surface area contributed by atoms with Gasteiger partial charge >= 0.3 is 0 Å². The Balaban J connectivity index is 1.40. The molecule has 0 spiro atoms. The molecule has 596 valence electrons. The minimum Gasteiger partial charge on any atom is -0.394 e. The maximum atomic E-state index is 13.5. The van der Waals surface area contributed by atoms with E-state index in [1.807, 2.05) is 6.08 Å². The number of carbonyl (C=O) groups is 1. The molecule has 3 saturated heterocycles. The summed E-state index contributed by atoms with van der Waals surface area (Å²) in [7, 11) is 0. The third kappa shape index (κ3) is 43.2. The van der Waals surface area contributed by atoms with E-state index in [1.54, 1.807) is 6.08 Å². The van der Waals surface area contributed by atoms with Gasteiger partial charge in [-0.15, -0.1) is 0 Å². The molecule has 0 aliphatic carbocycles. The van der Waals surface area contributed by atoms with Crippen LogP contribution in [0.3, 0.4) is 0 Å². The second-order valence-electron chi connectivity index (χ2n) is 28.1. The number of hydrogen-bond donors (Lipinski definition) is 12. The van der Waals surface area contributed by atoms with Crippen molar-refractivity contribution in [1.82, 2.24) is 5.32 Å². The first-order valence-electron chi connectivity index (χ1n) is 40.4. The first-order chi connectivity index (χ1) is 50.8. The molecule has 3 rings (SSSR count). The van der Waals surface area contributed by atoms with E-state index in [0.29, 0.717) is 12.8 Å². The molecule has 3 aliphatic heterocycles. The molecule has 0 aromatic rings. The van der Waals surface area contributed by atoms with Gasteiger partial charge in [0.2, 0.25) is 5.91 Å². The topological polar surface area (TPSA) is 307 Å². The average molecular weight is 1470 g/mol. The van der Waals surface area contributed by atoms with Crippen LogP contribution in [0.5, 0.6) is 0 Å². The van der Waals surface area contributed by atoms with Crippen LogP contribution in [-0.4, -0.2) is 193 Å². The van der Waals surface area contributed by atoms with Crippen LogP contribution in [-0.2, 0) is 33.2 Å². The van der Waals surface area contributed by atoms with Crippen molar-refractivity contribution in [3.05, 3.63) is 134 Å². The third-order valence-electron chi connectivity index (χ3n) is 19.2. The van der Waals surface area contributed by atoms with E-state index < -0.39 is 124 Å². The SMILES string of the molecule is CC/C=C\C/C=C\C/C=C\C/C=C\C/C=C\C/C=C\C/C=C\C/C=C\CCCCCCCCCCC(=O)NC(COC1OC(CO)C(OC2OC(CO)C(OC3OC(CO)C(O)C(O)C3O)C(O)C2O)C(O)C1O)C(O)/C=C/CC/C=C/CC/C=C/CCCCCCCCCCCCCCCCCC. The summed E-state index contributed by atoms with van der Waals surface area (Å²) in [5, 5.41) is 121. The Bertz CT molecular complexity index is 2400. The fraction of sp³-hybridized carbons (Fsp3) is 0.729. The molecule has 3 aliphatic rings. The minimum absolute atomic E-state index is 0.213. The van der Waals surface area contributed by atoms with E-state index in [1.165, 1.54) is 109 Å². The number of amides is 1. The summed E-state index contributed by atoms with van der Waals surface area (Å²) in [6.07, 6.45) is 64.3. The molecule has 17 unspecified atom stereocenters. The molecule has 0 radical (unpaired) electrons. The number of allylic oxidation sites excluding steroid dienone is 21. The molecule has 3 heterocycles. The van der Waals surface area contributed by atoms with Gasteiger partial charge in [0.25, 0.3) is 0 Å². The Morgan fingerprint density at radius 3 is 1.08 bits per heavy atom. The zero-order chi connectivity index (χ0) is 75.3. The number of rotatable bonds is 62. The van der Waals surface area contributed by atoms with Gasteiger partial charge in [0, 0.05) is 6.42 Å². The van der Waals surface area contributed by atoms with Crippen LogP contribution in [0.1, 0.15) is 264 Å². The molecule has 3 fully saturated rings. The Morgan fingerprint density at radius 2 is 0.673 bits per heavy atom. The van der Waals surface area contributed by atoms with Crippen LogP contribution in [0.25, 0.3) is 0 Å². The molecular weight excluding hydrogens is 1320 g/mol. The highest BCUT2D eigenvalue weighted by Crippen LogP contribution is 2.33. The second-order valence-corrected chi connectivity index (χ2v) is 28.1. The molecule has 19 nitrogen and oxygen atoms in total. The maximum Gasteiger partial charge on any atom is 0.220 e. The molecule has 0 aromatic heterocycles. The highest BCUT2D eigenvalue weighted by molar-refractivity contribution is 5.76. The van der Waals surface area contributed by atoms with Crippen molar-refractivity contribution >= 4 is 5.91 Å². The Hall–Kier alpha value is -4.07. The van der Waals surface area contributed by atoms with Crippen LogP contribution >= 0.6 is 0 Å². The van der Waals surface area contributed by atoms with Crippen molar-refractivity contribution in [3.8, 4) is 0 Å². The van der Waals surface area contributed by atoms with Gasteiger partial charge in [-0.1, -0.05) is 282 Å². The van der Waals surface area contributed by atoms with E-state index in [2.05, 4.69) is 141 Å². The van der Waals surface area contributed by atoms with Gasteiger partial charge in [-0.25, -0.2) is 0 Å². The predicted molar refractivity (Wildman–Crippen MR) is 415 cm³/mol. The first kappa shape index (κ1) is 94.1. The second kappa shape index (κ2) is 63.8. The monoisotopic (exact) mass is 1470 g/mol. The van der Waals surface area contributed by atoms with E-state index >= 15 is 0 Å². The summed E-state index contributed by atoms with van der Waals surface area (Å²) < 4.78 is 34.4. The lowest BCUT2D eigenvalue weighted by atomic mass is 9.96. The summed E-state index contributed by atoms with van der Waals surface area (Å²) in [6, 6.07) is -1.01. The predicted octanol–water partition coefficient (Wildman–Crippen LogP) is 13.7. The van der Waals surface area contributed by atoms with Crippen LogP contribution in [0.4, 0.5) is 0 Å². The Morgan fingerprint density at radius 1 is 0.356 bits per heavy atom. The average Bonchev–Trinajstić information content (AvgIpc) is 0.783. The van der Waals surface area contributed by atoms with E-state index in [0.717, 1.165) is 122 Å². The zero-order valence-electron chi connectivity index (χ0n) is 63.7. The van der Waals surface area contributed by atoms with Crippen molar-refractivity contribution in [2.24, 2.45) is 0 Å². The number of hydrogen-bond acceptors (Lipinski definition) is 18. The fourth-order valence-electron chi connectivity index (χ4n) is 12.7. The quantitative estimate of drug-likeness (QED) is 0.0199. The highest BCUT2D eigenvalue weighted by Gasteiger charge is 2.54. The summed E-state index contributed by atoms with van der Waals surface area (Å²) in [5.41, 5.74) is 0. The number of nitrogens with one attached hydrogen (secondary N) is 1. The van der Waals surface area contributed by atoms with Crippen LogP contribution in [0.15, 0.2) is 134 Å². The summed E-state index contributed by atoms with van der Waals surface area (Å²) in [6.45, 7) is 1.60. The van der Waals surface area contributed by atoms with Crippen molar-refractivity contribution < 1.29 is 89.4 Å². The summed E-state index contributed by atoms with van der Waals surface area (Å²) >= 11 is 0. The first-order valence-corrected chi connectivity index (χ1v) is 40.4. The van der Waals surface area contributed by atoms with Crippen LogP contribution in [0, 0.1) is 0 Å². The lowest BCUT2D eigenvalue weighted by molar-refractivity contribution is -0.379. The zero-order valence-corrected chi connectivity index (χ0v) is 63.7. The third-order valence-corrected chi connectivity index (χ3v) is 19.2. The minimum atomic E-state index is -1.99. The van der Waals surface area contributed by atoms with Crippen LogP contribution < -0.4 is 5.32 Å². The number of carbonyl (C=O) groups excluding carboxylic acids is 1. The maximum absolute atomic E-state index is 13.5. The number of aliphatic hydroxyl groups is 11. The number of aliphatic hydroxyl groups excluding tert-OH is 11. The van der Waals surface area contributed by atoms with E-state index in [4.69, 9.17) is 28.4 Å². The van der Waals surface area contributed by atoms with Gasteiger partial charge < -0.3 is 89.9 Å². The van der Waals surface area contributed by atoms with Crippen molar-refractivity contribution in [3.63, 3.8) is 0 Å². The fourth-order valence-corrected chi connectivity index (χ4v) is 12.7. The molecule has 12 N–H and O–H groups in total. The Kier molecular flexibility index (Phi) is 57.8. The van der Waals surface area contributed by atoms with Gasteiger partial charge in [0.15, 0.2) is 18.9 Å². The standard InChI is InChI=1S/C85H143NO18/c1-3-5-7-9-11-13-15-17-19-21-23-25-27-29-31-32-33-34-35-36-37-39-41-43-45-47-49-51-53-55-57-59-61-63-73(91)86-68(69(90)62-60-58-56-54-52-50-48-46-44-42-40-38-30-28-26-24-22-20-18-16-14-12-10-8-6-4-2)67-99-83-79(97)76(94)81(71(65-88)101-83)104-85-80(98)77(95)82(72(66-89)102-85)103-84-78(96)75(93)74(92)70(64-87)100-84/h5,7,11,13,17,19,23,25,29,31,33-34,36-37,41,43-44,46,52,54,60,62,68-72,74-85,87-90,92-98H,3-4,6,8-10,12,14-16,18,20-22,24,26-28,30,32,35,38-40,42,45,47-51,53,55-59,61,63-67H2,1-2H3,(H,86,91)/b7-5-,13-11-,19-17-,25-23-,31-29-,34-33-,37-36-,43-41-,46-44+,54-52+,62-60+. The molecule has 104 heavy (non-hydrogen) atoms. The molecule has 0 aromatic carbocycles. The van der Waals surface area contributed by atoms with Crippen molar-refractivity contribution in [1.29, 1.82) is 0 Å². The summed E-state index contributed by atoms with van der Waals surface area (Å²) in [5.74, 6) is -0.302. The van der Waals surface area contributed by atoms with Gasteiger partial charge in [0.1, 0.15) is 73.2 Å². The van der Waals surface area contributed by atoms with Gasteiger partial charge in [0.05, 0.1) is 38.6 Å². The molecule has 0 bridgehead atoms. The molecule has 1 amide bonds. The highest BCUT2D eigenvalue weighted by atomic mass is 16.8. The Labute approximate surface area is 626 Å². The van der Waals surface area contributed by atoms with Crippen molar-refractivity contribution in [2.45, 2.75) is 369 Å². The lowest BCUT2D eigenvalue weighted by Crippen LogP contribution is -2.66. The lowest BCUT2D eigenvalue weighted by Gasteiger charge is -2.48. The van der Waals surface area contributed by atoms with E-state index in [9.17, 15) is 61.0 Å². The smallest absolute Gasteiger partial charge is 0.220 e. The number of ether oxygens (including phenoxy) is 6. The summed E-state index contributed by atoms with van der Waals surface area (Å²) in [4.78, 5) is 13.5. The molecule has 0 saturated carbocycles. The van der Waals surface area contributed by atoms with Gasteiger partial charge in [-0.05, 0) is 109 Å².